The van der Waals surface area contributed by atoms with E-state index in [1.165, 1.54) is 4.31 Å². The summed E-state index contributed by atoms with van der Waals surface area (Å²) in [5.41, 5.74) is 0.247. The van der Waals surface area contributed by atoms with E-state index in [1.807, 2.05) is 0 Å². The molecule has 1 unspecified atom stereocenters. The summed E-state index contributed by atoms with van der Waals surface area (Å²) in [7, 11) is -4.06. The fraction of sp³-hybridized carbons (Fsp3) is 0.571. The van der Waals surface area contributed by atoms with Crippen LogP contribution in [-0.2, 0) is 15.9 Å². The van der Waals surface area contributed by atoms with Gasteiger partial charge in [-0.05, 0) is 37.5 Å². The first-order valence-electron chi connectivity index (χ1n) is 6.93. The highest BCUT2D eigenvalue weighted by atomic mass is 35.5. The number of halogens is 3. The van der Waals surface area contributed by atoms with Crippen LogP contribution in [0, 0.1) is 11.6 Å². The van der Waals surface area contributed by atoms with E-state index in [1.54, 1.807) is 6.92 Å². The Morgan fingerprint density at radius 1 is 1.29 bits per heavy atom. The fourth-order valence-corrected chi connectivity index (χ4v) is 4.59. The minimum Gasteiger partial charge on any atom is -0.207 e. The van der Waals surface area contributed by atoms with Gasteiger partial charge in [0, 0.05) is 18.5 Å². The van der Waals surface area contributed by atoms with Crippen molar-refractivity contribution in [2.75, 3.05) is 6.54 Å². The van der Waals surface area contributed by atoms with E-state index < -0.39 is 26.6 Å². The first-order chi connectivity index (χ1) is 9.87. The van der Waals surface area contributed by atoms with Gasteiger partial charge in [-0.2, -0.15) is 4.31 Å². The number of nitrogens with zero attached hydrogens (tertiary/aromatic N) is 1. The monoisotopic (exact) mass is 337 g/mol. The van der Waals surface area contributed by atoms with Crippen LogP contribution in [0.25, 0.3) is 0 Å². The highest BCUT2D eigenvalue weighted by Crippen LogP contribution is 2.28. The molecule has 0 amide bonds. The van der Waals surface area contributed by atoms with Crippen molar-refractivity contribution in [3.63, 3.8) is 0 Å². The van der Waals surface area contributed by atoms with Crippen LogP contribution in [0.1, 0.15) is 38.2 Å². The van der Waals surface area contributed by atoms with Crippen molar-refractivity contribution in [3.05, 3.63) is 29.3 Å². The van der Waals surface area contributed by atoms with Gasteiger partial charge in [0.25, 0.3) is 0 Å². The van der Waals surface area contributed by atoms with Gasteiger partial charge in [0.15, 0.2) is 11.6 Å². The summed E-state index contributed by atoms with van der Waals surface area (Å²) in [5, 5.41) is 0. The third-order valence-electron chi connectivity index (χ3n) is 3.79. The molecule has 0 N–H and O–H groups in total. The average molecular weight is 338 g/mol. The molecule has 118 valence electrons. The summed E-state index contributed by atoms with van der Waals surface area (Å²) in [6.45, 7) is 2.12. The Balaban J connectivity index is 2.50. The Bertz CT molecular complexity index is 622. The van der Waals surface area contributed by atoms with Crippen LogP contribution in [0.2, 0.25) is 0 Å². The zero-order valence-corrected chi connectivity index (χ0v) is 13.4. The molecule has 1 heterocycles. The highest BCUT2D eigenvalue weighted by molar-refractivity contribution is 7.89. The maximum Gasteiger partial charge on any atom is 0.246 e. The highest BCUT2D eigenvalue weighted by Gasteiger charge is 2.33. The van der Waals surface area contributed by atoms with Gasteiger partial charge in [0.1, 0.15) is 4.90 Å². The lowest BCUT2D eigenvalue weighted by Crippen LogP contribution is -2.38. The van der Waals surface area contributed by atoms with Crippen molar-refractivity contribution >= 4 is 21.6 Å². The molecule has 1 fully saturated rings. The predicted molar refractivity (Wildman–Crippen MR) is 77.7 cm³/mol. The van der Waals surface area contributed by atoms with E-state index in [4.69, 9.17) is 11.6 Å². The van der Waals surface area contributed by atoms with E-state index in [-0.39, 0.29) is 17.5 Å². The van der Waals surface area contributed by atoms with Gasteiger partial charge in [0.2, 0.25) is 10.0 Å². The number of alkyl halides is 1. The van der Waals surface area contributed by atoms with Crippen LogP contribution in [0.15, 0.2) is 17.0 Å². The van der Waals surface area contributed by atoms with Crippen LogP contribution in [0.3, 0.4) is 0 Å². The van der Waals surface area contributed by atoms with Gasteiger partial charge in [-0.15, -0.1) is 11.6 Å². The van der Waals surface area contributed by atoms with Crippen LogP contribution in [-0.4, -0.2) is 25.3 Å². The van der Waals surface area contributed by atoms with E-state index in [0.29, 0.717) is 6.54 Å². The molecule has 3 nitrogen and oxygen atoms in total. The summed E-state index contributed by atoms with van der Waals surface area (Å²) in [5.74, 6) is -2.59. The minimum absolute atomic E-state index is 0.0741. The molecular weight excluding hydrogens is 320 g/mol. The molecule has 7 heteroatoms. The Kier molecular flexibility index (Phi) is 5.22. The molecule has 1 aromatic rings. The Labute approximate surface area is 129 Å². The quantitative estimate of drug-likeness (QED) is 0.789. The van der Waals surface area contributed by atoms with Crippen molar-refractivity contribution < 1.29 is 17.2 Å². The molecule has 0 spiro atoms. The fourth-order valence-electron chi connectivity index (χ4n) is 2.61. The summed E-state index contributed by atoms with van der Waals surface area (Å²) in [4.78, 5) is -0.619. The molecule has 0 radical (unpaired) electrons. The standard InChI is InChI=1S/C14H18ClF2NO2S/c1-10-5-3-2-4-6-18(10)21(19,20)13-8-11(9-15)7-12(16)14(13)17/h7-8,10H,2-6,9H2,1H3. The lowest BCUT2D eigenvalue weighted by Gasteiger charge is -2.26. The maximum atomic E-state index is 14.0. The molecule has 0 bridgehead atoms. The lowest BCUT2D eigenvalue weighted by atomic mass is 10.1. The molecule has 1 aliphatic rings. The number of sulfonamides is 1. The minimum atomic E-state index is -4.06. The van der Waals surface area contributed by atoms with Gasteiger partial charge in [-0.3, -0.25) is 0 Å². The topological polar surface area (TPSA) is 37.4 Å². The zero-order valence-electron chi connectivity index (χ0n) is 11.8. The van der Waals surface area contributed by atoms with Gasteiger partial charge in [0.05, 0.1) is 0 Å². The first-order valence-corrected chi connectivity index (χ1v) is 8.91. The molecule has 2 rings (SSSR count). The molecular formula is C14H18ClF2NO2S. The van der Waals surface area contributed by atoms with E-state index in [2.05, 4.69) is 0 Å². The van der Waals surface area contributed by atoms with E-state index in [0.717, 1.165) is 37.8 Å². The molecule has 1 atom stereocenters. The normalized spacial score (nSPS) is 21.2. The molecule has 0 aliphatic carbocycles. The first kappa shape index (κ1) is 16.6. The van der Waals surface area contributed by atoms with Crippen LogP contribution >= 0.6 is 11.6 Å². The average Bonchev–Trinajstić information content (AvgIpc) is 2.66. The second kappa shape index (κ2) is 6.58. The lowest BCUT2D eigenvalue weighted by molar-refractivity contribution is 0.339. The van der Waals surface area contributed by atoms with Crippen molar-refractivity contribution in [3.8, 4) is 0 Å². The van der Waals surface area contributed by atoms with E-state index in [9.17, 15) is 17.2 Å². The molecule has 1 saturated heterocycles. The molecule has 0 saturated carbocycles. The molecule has 0 aromatic heterocycles. The van der Waals surface area contributed by atoms with Crippen LogP contribution < -0.4 is 0 Å². The SMILES string of the molecule is CC1CCCCCN1S(=O)(=O)c1cc(CCl)cc(F)c1F. The number of benzene rings is 1. The van der Waals surface area contributed by atoms with Crippen molar-refractivity contribution in [1.82, 2.24) is 4.31 Å². The largest absolute Gasteiger partial charge is 0.246 e. The zero-order chi connectivity index (χ0) is 15.6. The van der Waals surface area contributed by atoms with Crippen LogP contribution in [0.4, 0.5) is 8.78 Å². The number of rotatable bonds is 3. The summed E-state index contributed by atoms with van der Waals surface area (Å²) in [6, 6.07) is 1.82. The summed E-state index contributed by atoms with van der Waals surface area (Å²) >= 11 is 5.62. The predicted octanol–water partition coefficient (Wildman–Crippen LogP) is 3.66. The van der Waals surface area contributed by atoms with Crippen molar-refractivity contribution in [2.24, 2.45) is 0 Å². The van der Waals surface area contributed by atoms with Crippen LogP contribution in [0.5, 0.6) is 0 Å². The smallest absolute Gasteiger partial charge is 0.207 e. The third-order valence-corrected chi connectivity index (χ3v) is 6.11. The molecule has 1 aliphatic heterocycles. The van der Waals surface area contributed by atoms with Gasteiger partial charge in [-0.25, -0.2) is 17.2 Å². The van der Waals surface area contributed by atoms with Gasteiger partial charge < -0.3 is 0 Å². The molecule has 1 aromatic carbocycles. The van der Waals surface area contributed by atoms with E-state index >= 15 is 0 Å². The maximum absolute atomic E-state index is 14.0. The number of hydrogen-bond donors (Lipinski definition) is 0. The summed E-state index contributed by atoms with van der Waals surface area (Å²) < 4.78 is 54.2. The second-order valence-electron chi connectivity index (χ2n) is 5.34. The number of hydrogen-bond acceptors (Lipinski definition) is 2. The third kappa shape index (κ3) is 3.38. The Morgan fingerprint density at radius 3 is 2.67 bits per heavy atom. The van der Waals surface area contributed by atoms with Gasteiger partial charge in [-0.1, -0.05) is 12.8 Å². The molecule has 21 heavy (non-hydrogen) atoms. The van der Waals surface area contributed by atoms with Crippen molar-refractivity contribution in [1.29, 1.82) is 0 Å². The Hall–Kier alpha value is -0.720. The second-order valence-corrected chi connectivity index (χ2v) is 7.46. The summed E-state index contributed by atoms with van der Waals surface area (Å²) in [6.07, 6.45) is 3.32. The van der Waals surface area contributed by atoms with Crippen molar-refractivity contribution in [2.45, 2.75) is 49.4 Å². The van der Waals surface area contributed by atoms with Gasteiger partial charge >= 0.3 is 0 Å². The Morgan fingerprint density at radius 2 is 2.00 bits per heavy atom.